The van der Waals surface area contributed by atoms with Crippen LogP contribution in [0.4, 0.5) is 0 Å². The van der Waals surface area contributed by atoms with E-state index in [1.54, 1.807) is 6.07 Å². The number of unbranched alkanes of at least 4 members (excludes halogenated alkanes) is 2. The molecular weight excluding hydrogens is 1030 g/mol. The van der Waals surface area contributed by atoms with Crippen molar-refractivity contribution in [1.82, 2.24) is 39.9 Å². The van der Waals surface area contributed by atoms with Crippen molar-refractivity contribution >= 4 is 62.7 Å². The number of carbonyl (C=O) groups excluding carboxylic acids is 1. The highest BCUT2D eigenvalue weighted by atomic mass is 32.1. The molecule has 0 radical (unpaired) electrons. The van der Waals surface area contributed by atoms with Crippen molar-refractivity contribution in [3.8, 4) is 74.3 Å². The third kappa shape index (κ3) is 12.3. The Labute approximate surface area is 483 Å². The molecule has 7 aromatic rings. The van der Waals surface area contributed by atoms with Crippen molar-refractivity contribution in [2.45, 2.75) is 161 Å². The number of rotatable bonds is 22. The Morgan fingerprint density at radius 3 is 1.25 bits per heavy atom. The van der Waals surface area contributed by atoms with Gasteiger partial charge in [0.1, 0.15) is 75.8 Å². The molecule has 2 aliphatic heterocycles. The van der Waals surface area contributed by atoms with Gasteiger partial charge in [-0.1, -0.05) is 154 Å². The van der Waals surface area contributed by atoms with E-state index in [4.69, 9.17) is 53.6 Å². The average Bonchev–Trinajstić information content (AvgIpc) is 4.36. The summed E-state index contributed by atoms with van der Waals surface area (Å²) >= 11 is 4.40. The number of nitrogens with zero attached hydrogens (tertiary/aromatic N) is 6. The Balaban J connectivity index is 1.46. The third-order valence-electron chi connectivity index (χ3n) is 15.4. The van der Waals surface area contributed by atoms with Gasteiger partial charge in [0.25, 0.3) is 0 Å². The lowest BCUT2D eigenvalue weighted by Crippen LogP contribution is -2.29. The van der Waals surface area contributed by atoms with Crippen LogP contribution in [0.15, 0.2) is 66.7 Å². The summed E-state index contributed by atoms with van der Waals surface area (Å²) in [6.07, 6.45) is 2.08. The van der Waals surface area contributed by atoms with E-state index in [1.165, 1.54) is 0 Å². The molecule has 15 heteroatoms. The number of benzene rings is 4. The summed E-state index contributed by atoms with van der Waals surface area (Å²) in [5.41, 5.74) is 4.36. The first-order valence-electron chi connectivity index (χ1n) is 29.5. The quantitative estimate of drug-likeness (QED) is 0.0254. The fraction of sp³-hybridized carbons (Fsp3) is 0.500. The number of aromatic nitrogens is 8. The molecule has 0 saturated carbocycles. The lowest BCUT2D eigenvalue weighted by Gasteiger charge is -2.27. The molecule has 0 amide bonds. The van der Waals surface area contributed by atoms with Crippen LogP contribution in [0, 0.1) is 47.3 Å². The van der Waals surface area contributed by atoms with Gasteiger partial charge in [0, 0.05) is 22.8 Å². The van der Waals surface area contributed by atoms with Crippen LogP contribution in [-0.2, 0) is 4.79 Å². The number of hydrogen-bond donors (Lipinski definition) is 3. The molecule has 430 valence electrons. The van der Waals surface area contributed by atoms with Gasteiger partial charge in [-0.15, -0.1) is 0 Å². The van der Waals surface area contributed by atoms with Gasteiger partial charge < -0.3 is 33.7 Å². The number of nitrogens with one attached hydrogen (secondary N) is 2. The van der Waals surface area contributed by atoms with E-state index in [9.17, 15) is 4.79 Å². The smallest absolute Gasteiger partial charge is 0.311 e. The number of thiol groups is 1. The average molecular weight is 1120 g/mol. The van der Waals surface area contributed by atoms with Gasteiger partial charge in [0.15, 0.2) is 23.3 Å². The van der Waals surface area contributed by atoms with Crippen molar-refractivity contribution in [2.24, 2.45) is 47.3 Å². The highest BCUT2D eigenvalue weighted by molar-refractivity contribution is 7.80. The number of H-pyrrole nitrogens is 2. The fourth-order valence-corrected chi connectivity index (χ4v) is 12.1. The van der Waals surface area contributed by atoms with Crippen molar-refractivity contribution in [2.75, 3.05) is 5.75 Å². The second kappa shape index (κ2) is 24.8. The second-order valence-corrected chi connectivity index (χ2v) is 25.2. The molecule has 0 aliphatic carbocycles. The molecule has 0 atom stereocenters. The predicted molar refractivity (Wildman–Crippen MR) is 330 cm³/mol. The van der Waals surface area contributed by atoms with E-state index in [1.807, 2.05) is 60.7 Å². The summed E-state index contributed by atoms with van der Waals surface area (Å²) in [4.78, 5) is 54.0. The second-order valence-electron chi connectivity index (χ2n) is 24.7. The highest BCUT2D eigenvalue weighted by Crippen LogP contribution is 2.49. The normalized spacial score (nSPS) is 12.7. The number of fused-ring (bicyclic) bond motifs is 20. The number of hydrogen-bond acceptors (Lipinski definition) is 13. The molecule has 0 saturated heterocycles. The molecule has 81 heavy (non-hydrogen) atoms. The molecule has 4 aromatic carbocycles. The topological polar surface area (TPSA) is 172 Å². The Morgan fingerprint density at radius 1 is 0.407 bits per heavy atom. The highest BCUT2D eigenvalue weighted by Gasteiger charge is 2.34. The zero-order valence-corrected chi connectivity index (χ0v) is 51.3. The van der Waals surface area contributed by atoms with E-state index >= 15 is 0 Å². The predicted octanol–water partition coefficient (Wildman–Crippen LogP) is 16.5. The summed E-state index contributed by atoms with van der Waals surface area (Å²) in [5, 5.41) is 2.92. The van der Waals surface area contributed by atoms with Crippen LogP contribution >= 0.6 is 12.6 Å². The van der Waals surface area contributed by atoms with Gasteiger partial charge in [-0.2, -0.15) is 12.6 Å². The molecule has 2 aliphatic rings. The van der Waals surface area contributed by atoms with Crippen LogP contribution in [0.25, 0.3) is 89.7 Å². The molecule has 9 rings (SSSR count). The lowest BCUT2D eigenvalue weighted by atomic mass is 9.96. The molecule has 3 aromatic heterocycles. The van der Waals surface area contributed by atoms with E-state index in [-0.39, 0.29) is 95.7 Å². The first-order valence-corrected chi connectivity index (χ1v) is 30.2. The summed E-state index contributed by atoms with van der Waals surface area (Å²) in [6.45, 7) is 34.8. The molecule has 8 bridgehead atoms. The minimum absolute atomic E-state index is 0.107. The Morgan fingerprint density at radius 2 is 0.778 bits per heavy atom. The number of carbonyl (C=O) groups is 1. The maximum atomic E-state index is 14.0. The van der Waals surface area contributed by atoms with E-state index in [0.717, 1.165) is 45.9 Å². The van der Waals surface area contributed by atoms with Crippen molar-refractivity contribution in [3.05, 3.63) is 66.7 Å². The minimum atomic E-state index is -0.369. The number of esters is 1. The standard InChI is InChI=1S/C66H84N8O6S/c1-33(2)55(34(3)4)77-44-26-20-23-41-50(44)62-67-59(41)68-63-51-42(24-21-27-45(51)78-56(35(5)6)36(7)8)61(70-63)72-65-54-48(80-58(39(13)14)40(15)16)31-30-47(76-49(75)29-18-17-19-32-81)53(54)66(74-65)73-64-52-43(60(69-62)71-64)25-22-28-46(52)79-57(37(9)10)38(11)12/h20-28,30-31,33-40,55-58,81H,17-19,29,32H2,1-16H3,(H2,67,68,69,70,71,72,73,74). The van der Waals surface area contributed by atoms with Crippen molar-refractivity contribution in [3.63, 3.8) is 0 Å². The Hall–Kier alpha value is -6.74. The van der Waals surface area contributed by atoms with E-state index in [0.29, 0.717) is 86.0 Å². The third-order valence-corrected chi connectivity index (χ3v) is 15.8. The summed E-state index contributed by atoms with van der Waals surface area (Å²) in [5.74, 6) is 6.04. The Bertz CT molecular complexity index is 3540. The van der Waals surface area contributed by atoms with Gasteiger partial charge >= 0.3 is 5.97 Å². The fourth-order valence-electron chi connectivity index (χ4n) is 11.9. The SMILES string of the molecule is CC(C)C(Oc1cccc2c1-c1nc-2nc2[nH]c(nc3nc(nc4[nH]c(n1)c1cccc(OC(C(C)C)C(C)C)c41)-c1c(OC(=O)CCCCCS)ccc(OC(C(C)C)C(C)C)c1-3)c1cccc(OC(C(C)C)C(C)C)c21)C(C)C. The first kappa shape index (κ1) is 58.9. The van der Waals surface area contributed by atoms with E-state index < -0.39 is 0 Å². The largest absolute Gasteiger partial charge is 0.489 e. The van der Waals surface area contributed by atoms with Gasteiger partial charge in [-0.3, -0.25) is 4.79 Å². The maximum Gasteiger partial charge on any atom is 0.311 e. The summed E-state index contributed by atoms with van der Waals surface area (Å²) in [6, 6.07) is 21.6. The molecule has 5 heterocycles. The summed E-state index contributed by atoms with van der Waals surface area (Å²) < 4.78 is 34.7. The summed E-state index contributed by atoms with van der Waals surface area (Å²) in [7, 11) is 0. The van der Waals surface area contributed by atoms with Crippen LogP contribution in [0.3, 0.4) is 0 Å². The van der Waals surface area contributed by atoms with Crippen LogP contribution in [0.2, 0.25) is 0 Å². The molecule has 0 fully saturated rings. The molecule has 0 spiro atoms. The van der Waals surface area contributed by atoms with Gasteiger partial charge in [0.2, 0.25) is 0 Å². The van der Waals surface area contributed by atoms with Crippen molar-refractivity contribution in [1.29, 1.82) is 0 Å². The molecule has 2 N–H and O–H groups in total. The Kier molecular flexibility index (Phi) is 18.0. The number of aromatic amines is 2. The zero-order chi connectivity index (χ0) is 58.1. The first-order chi connectivity index (χ1) is 38.6. The zero-order valence-electron chi connectivity index (χ0n) is 50.4. The molecular formula is C66H84N8O6S. The molecule has 0 unspecified atom stereocenters. The van der Waals surface area contributed by atoms with Gasteiger partial charge in [0.05, 0.1) is 27.5 Å². The monoisotopic (exact) mass is 1120 g/mol. The van der Waals surface area contributed by atoms with Crippen LogP contribution in [0.1, 0.15) is 136 Å². The van der Waals surface area contributed by atoms with Crippen LogP contribution in [0.5, 0.6) is 28.7 Å². The van der Waals surface area contributed by atoms with Crippen molar-refractivity contribution < 1.29 is 28.5 Å². The maximum absolute atomic E-state index is 14.0. The van der Waals surface area contributed by atoms with Gasteiger partial charge in [-0.05, 0) is 96.3 Å². The lowest BCUT2D eigenvalue weighted by molar-refractivity contribution is -0.134. The van der Waals surface area contributed by atoms with Gasteiger partial charge in [-0.25, -0.2) is 29.9 Å². The minimum Gasteiger partial charge on any atom is -0.489 e. The van der Waals surface area contributed by atoms with Crippen LogP contribution in [-0.4, -0.2) is 76.0 Å². The van der Waals surface area contributed by atoms with E-state index in [2.05, 4.69) is 133 Å². The molecule has 14 nitrogen and oxygen atoms in total. The number of ether oxygens (including phenoxy) is 5. The van der Waals surface area contributed by atoms with Crippen LogP contribution < -0.4 is 23.7 Å².